The maximum Gasteiger partial charge on any atom is 0.261 e. The molecule has 1 aliphatic rings. The first-order valence-corrected chi connectivity index (χ1v) is 12.3. The molecule has 0 saturated carbocycles. The van der Waals surface area contributed by atoms with E-state index in [4.69, 9.17) is 0 Å². The van der Waals surface area contributed by atoms with Gasteiger partial charge in [-0.25, -0.2) is 0 Å². The molecule has 1 atom stereocenters. The van der Waals surface area contributed by atoms with Crippen molar-refractivity contribution in [3.05, 3.63) is 82.6 Å². The van der Waals surface area contributed by atoms with E-state index in [1.807, 2.05) is 61.5 Å². The summed E-state index contributed by atoms with van der Waals surface area (Å²) in [6.07, 6.45) is 4.49. The van der Waals surface area contributed by atoms with Gasteiger partial charge in [0.05, 0.1) is 0 Å². The molecular weight excluding hydrogens is 440 g/mol. The first kappa shape index (κ1) is 24.3. The van der Waals surface area contributed by atoms with E-state index in [-0.39, 0.29) is 11.5 Å². The Labute approximate surface area is 205 Å². The van der Waals surface area contributed by atoms with E-state index in [1.165, 1.54) is 18.9 Å². The van der Waals surface area contributed by atoms with Crippen molar-refractivity contribution in [2.24, 2.45) is 0 Å². The molecule has 4 rings (SSSR count). The third-order valence-electron chi connectivity index (χ3n) is 6.29. The highest BCUT2D eigenvalue weighted by Crippen LogP contribution is 2.23. The summed E-state index contributed by atoms with van der Waals surface area (Å²) in [4.78, 5) is 43.8. The third-order valence-corrected chi connectivity index (χ3v) is 6.29. The monoisotopic (exact) mass is 472 g/mol. The van der Waals surface area contributed by atoms with Gasteiger partial charge in [0.15, 0.2) is 0 Å². The van der Waals surface area contributed by atoms with Crippen molar-refractivity contribution in [3.63, 3.8) is 0 Å². The molecule has 0 spiro atoms. The van der Waals surface area contributed by atoms with E-state index in [0.717, 1.165) is 37.2 Å². The Morgan fingerprint density at radius 3 is 2.49 bits per heavy atom. The number of hydrogen-bond donors (Lipinski definition) is 3. The first-order chi connectivity index (χ1) is 17.0. The number of amides is 2. The molecule has 1 unspecified atom stereocenters. The number of carbonyl (C=O) groups excluding carboxylic acids is 2. The van der Waals surface area contributed by atoms with Gasteiger partial charge < -0.3 is 20.5 Å². The summed E-state index contributed by atoms with van der Waals surface area (Å²) in [6.45, 7) is 4.07. The van der Waals surface area contributed by atoms with E-state index < -0.39 is 17.5 Å². The number of benzene rings is 2. The smallest absolute Gasteiger partial charge is 0.261 e. The van der Waals surface area contributed by atoms with Crippen molar-refractivity contribution in [1.82, 2.24) is 10.3 Å². The van der Waals surface area contributed by atoms with Crippen LogP contribution in [0.5, 0.6) is 0 Å². The summed E-state index contributed by atoms with van der Waals surface area (Å²) in [5.41, 5.74) is 2.75. The second-order valence-corrected chi connectivity index (χ2v) is 8.88. The van der Waals surface area contributed by atoms with Crippen LogP contribution in [0.3, 0.4) is 0 Å². The Morgan fingerprint density at radius 2 is 1.77 bits per heavy atom. The summed E-state index contributed by atoms with van der Waals surface area (Å²) < 4.78 is 0. The minimum absolute atomic E-state index is 0.0185. The molecule has 1 aromatic heterocycles. The third kappa shape index (κ3) is 6.18. The number of aromatic nitrogens is 1. The Hall–Kier alpha value is -3.87. The van der Waals surface area contributed by atoms with Crippen molar-refractivity contribution in [2.45, 2.75) is 45.1 Å². The summed E-state index contributed by atoms with van der Waals surface area (Å²) in [7, 11) is 0. The van der Waals surface area contributed by atoms with Gasteiger partial charge in [0, 0.05) is 30.2 Å². The predicted molar refractivity (Wildman–Crippen MR) is 140 cm³/mol. The normalized spacial score (nSPS) is 13.9. The standard InChI is InChI=1S/C28H32N4O3/c1-2-3-14-25(28(35)29-21-12-9-13-22(19-21)32-17-7-8-18-32)31-27(34)23-15-16-24(30-26(23)33)20-10-5-4-6-11-20/h4-6,9-13,15-16,19,25H,2-3,7-8,14,17-18H2,1H3,(H,29,35)(H,30,33)(H,31,34). The van der Waals surface area contributed by atoms with Crippen molar-refractivity contribution in [1.29, 1.82) is 0 Å². The lowest BCUT2D eigenvalue weighted by Crippen LogP contribution is -2.45. The quantitative estimate of drug-likeness (QED) is 0.425. The predicted octanol–water partition coefficient (Wildman–Crippen LogP) is 4.57. The number of nitrogens with zero attached hydrogens (tertiary/aromatic N) is 1. The number of rotatable bonds is 9. The highest BCUT2D eigenvalue weighted by Gasteiger charge is 2.23. The molecule has 1 saturated heterocycles. The first-order valence-electron chi connectivity index (χ1n) is 12.3. The second-order valence-electron chi connectivity index (χ2n) is 8.88. The fraction of sp³-hybridized carbons (Fsp3) is 0.321. The lowest BCUT2D eigenvalue weighted by molar-refractivity contribution is -0.118. The van der Waals surface area contributed by atoms with Gasteiger partial charge in [-0.3, -0.25) is 14.4 Å². The van der Waals surface area contributed by atoms with Crippen molar-refractivity contribution in [3.8, 4) is 11.3 Å². The molecule has 2 aromatic carbocycles. The summed E-state index contributed by atoms with van der Waals surface area (Å²) >= 11 is 0. The SMILES string of the molecule is CCCCC(NC(=O)c1ccc(-c2ccccc2)[nH]c1=O)C(=O)Nc1cccc(N2CCCC2)c1. The van der Waals surface area contributed by atoms with Crippen molar-refractivity contribution >= 4 is 23.2 Å². The highest BCUT2D eigenvalue weighted by molar-refractivity contribution is 6.01. The van der Waals surface area contributed by atoms with Crippen LogP contribution in [-0.4, -0.2) is 35.9 Å². The van der Waals surface area contributed by atoms with Gasteiger partial charge in [-0.1, -0.05) is 56.2 Å². The van der Waals surface area contributed by atoms with Crippen molar-refractivity contribution < 1.29 is 9.59 Å². The zero-order valence-corrected chi connectivity index (χ0v) is 20.0. The van der Waals surface area contributed by atoms with Crippen LogP contribution in [-0.2, 0) is 4.79 Å². The molecule has 1 aliphatic heterocycles. The van der Waals surface area contributed by atoms with Gasteiger partial charge in [-0.05, 0) is 55.2 Å². The Morgan fingerprint density at radius 1 is 1.00 bits per heavy atom. The molecule has 2 heterocycles. The van der Waals surface area contributed by atoms with Crippen LogP contribution in [0.4, 0.5) is 11.4 Å². The van der Waals surface area contributed by atoms with Crippen LogP contribution in [0.15, 0.2) is 71.5 Å². The Bertz CT molecular complexity index is 1220. The number of aromatic amines is 1. The van der Waals surface area contributed by atoms with Gasteiger partial charge >= 0.3 is 0 Å². The fourth-order valence-electron chi connectivity index (χ4n) is 4.34. The zero-order chi connectivity index (χ0) is 24.6. The van der Waals surface area contributed by atoms with Crippen LogP contribution < -0.4 is 21.1 Å². The average molecular weight is 473 g/mol. The summed E-state index contributed by atoms with van der Waals surface area (Å²) in [5.74, 6) is -0.851. The molecule has 1 fully saturated rings. The van der Waals surface area contributed by atoms with Crippen LogP contribution in [0, 0.1) is 0 Å². The molecular formula is C28H32N4O3. The molecule has 3 N–H and O–H groups in total. The maximum atomic E-state index is 13.1. The molecule has 182 valence electrons. The lowest BCUT2D eigenvalue weighted by Gasteiger charge is -2.20. The topological polar surface area (TPSA) is 94.3 Å². The number of hydrogen-bond acceptors (Lipinski definition) is 4. The molecule has 0 radical (unpaired) electrons. The van der Waals surface area contributed by atoms with Gasteiger partial charge in [0.1, 0.15) is 11.6 Å². The lowest BCUT2D eigenvalue weighted by atomic mass is 10.1. The number of carbonyl (C=O) groups is 2. The number of pyridine rings is 1. The summed E-state index contributed by atoms with van der Waals surface area (Å²) in [6, 6.07) is 19.7. The van der Waals surface area contributed by atoms with E-state index in [0.29, 0.717) is 17.8 Å². The van der Waals surface area contributed by atoms with E-state index >= 15 is 0 Å². The van der Waals surface area contributed by atoms with Crippen LogP contribution in [0.1, 0.15) is 49.4 Å². The Balaban J connectivity index is 1.46. The maximum absolute atomic E-state index is 13.1. The Kier molecular flexibility index (Phi) is 7.98. The summed E-state index contributed by atoms with van der Waals surface area (Å²) in [5, 5.41) is 5.73. The molecule has 0 aliphatic carbocycles. The number of nitrogens with one attached hydrogen (secondary N) is 3. The molecule has 35 heavy (non-hydrogen) atoms. The van der Waals surface area contributed by atoms with Crippen molar-refractivity contribution in [2.75, 3.05) is 23.3 Å². The number of anilines is 2. The molecule has 2 amide bonds. The largest absolute Gasteiger partial charge is 0.371 e. The van der Waals surface area contributed by atoms with E-state index in [1.54, 1.807) is 6.07 Å². The fourth-order valence-corrected chi connectivity index (χ4v) is 4.34. The number of H-pyrrole nitrogens is 1. The molecule has 0 bridgehead atoms. The van der Waals surface area contributed by atoms with Crippen LogP contribution in [0.2, 0.25) is 0 Å². The molecule has 7 heteroatoms. The zero-order valence-electron chi connectivity index (χ0n) is 20.0. The van der Waals surface area contributed by atoms with Crippen LogP contribution in [0.25, 0.3) is 11.3 Å². The highest BCUT2D eigenvalue weighted by atomic mass is 16.2. The average Bonchev–Trinajstić information content (AvgIpc) is 3.42. The van der Waals surface area contributed by atoms with E-state index in [2.05, 4.69) is 20.5 Å². The van der Waals surface area contributed by atoms with Gasteiger partial charge in [-0.15, -0.1) is 0 Å². The second kappa shape index (κ2) is 11.5. The van der Waals surface area contributed by atoms with Gasteiger partial charge in [-0.2, -0.15) is 0 Å². The van der Waals surface area contributed by atoms with Gasteiger partial charge in [0.2, 0.25) is 5.91 Å². The van der Waals surface area contributed by atoms with Crippen LogP contribution >= 0.6 is 0 Å². The van der Waals surface area contributed by atoms with Gasteiger partial charge in [0.25, 0.3) is 11.5 Å². The number of unbranched alkanes of at least 4 members (excludes halogenated alkanes) is 1. The molecule has 7 nitrogen and oxygen atoms in total. The minimum atomic E-state index is -0.744. The van der Waals surface area contributed by atoms with E-state index in [9.17, 15) is 14.4 Å². The molecule has 3 aromatic rings. The minimum Gasteiger partial charge on any atom is -0.371 e.